The minimum absolute atomic E-state index is 0.390. The summed E-state index contributed by atoms with van der Waals surface area (Å²) in [4.78, 5) is 0. The van der Waals surface area contributed by atoms with Crippen molar-refractivity contribution >= 4 is 0 Å². The van der Waals surface area contributed by atoms with Gasteiger partial charge < -0.3 is 31.5 Å². The van der Waals surface area contributed by atoms with E-state index in [2.05, 4.69) is 0 Å². The first-order chi connectivity index (χ1) is 5.57. The van der Waals surface area contributed by atoms with Crippen LogP contribution in [0.3, 0.4) is 0 Å². The molecule has 0 bridgehead atoms. The largest absolute Gasteiger partial charge is 0.394 e. The number of ether oxygens (including phenoxy) is 1. The average molecular weight is 178 g/mol. The van der Waals surface area contributed by atoms with Crippen molar-refractivity contribution in [3.8, 4) is 0 Å². The Labute approximate surface area is 69.7 Å². The number of hydrogen-bond donors (Lipinski definition) is 5. The summed E-state index contributed by atoms with van der Waals surface area (Å²) in [6.45, 7) is -0.390. The molecule has 0 spiro atoms. The molecule has 0 amide bonds. The second-order valence-electron chi connectivity index (χ2n) is 2.88. The average Bonchev–Trinajstić information content (AvgIpc) is 2.08. The van der Waals surface area contributed by atoms with Crippen LogP contribution in [0, 0.1) is 0 Å². The minimum atomic E-state index is -1.18. The second kappa shape index (κ2) is 3.65. The highest BCUT2D eigenvalue weighted by Gasteiger charge is 2.40. The summed E-state index contributed by atoms with van der Waals surface area (Å²) in [5.41, 5.74) is 10.8. The minimum Gasteiger partial charge on any atom is -0.394 e. The van der Waals surface area contributed by atoms with Crippen molar-refractivity contribution in [2.75, 3.05) is 6.61 Å². The Morgan fingerprint density at radius 2 is 1.75 bits per heavy atom. The van der Waals surface area contributed by atoms with Crippen molar-refractivity contribution in [3.05, 3.63) is 0 Å². The number of aliphatic hydroxyl groups is 3. The normalized spacial score (nSPS) is 49.2. The summed E-state index contributed by atoms with van der Waals surface area (Å²) in [5.74, 6) is 0. The highest BCUT2D eigenvalue weighted by molar-refractivity contribution is 4.92. The van der Waals surface area contributed by atoms with Gasteiger partial charge in [0, 0.05) is 0 Å². The van der Waals surface area contributed by atoms with Gasteiger partial charge in [-0.25, -0.2) is 0 Å². The van der Waals surface area contributed by atoms with Crippen molar-refractivity contribution in [2.45, 2.75) is 30.6 Å². The van der Waals surface area contributed by atoms with E-state index in [4.69, 9.17) is 21.3 Å². The molecule has 1 fully saturated rings. The molecule has 5 atom stereocenters. The van der Waals surface area contributed by atoms with Gasteiger partial charge in [0.2, 0.25) is 0 Å². The van der Waals surface area contributed by atoms with E-state index in [1.807, 2.05) is 0 Å². The van der Waals surface area contributed by atoms with Crippen LogP contribution >= 0.6 is 0 Å². The van der Waals surface area contributed by atoms with Gasteiger partial charge in [-0.3, -0.25) is 0 Å². The van der Waals surface area contributed by atoms with Crippen LogP contribution in [0.15, 0.2) is 0 Å². The van der Waals surface area contributed by atoms with Crippen molar-refractivity contribution in [3.63, 3.8) is 0 Å². The zero-order valence-electron chi connectivity index (χ0n) is 6.50. The molecule has 0 aromatic rings. The third kappa shape index (κ3) is 1.58. The quantitative estimate of drug-likeness (QED) is 0.287. The summed E-state index contributed by atoms with van der Waals surface area (Å²) in [6.07, 6.45) is -4.02. The lowest BCUT2D eigenvalue weighted by atomic mass is 9.97. The van der Waals surface area contributed by atoms with Gasteiger partial charge in [-0.05, 0) is 0 Å². The molecule has 6 heteroatoms. The Balaban J connectivity index is 2.63. The van der Waals surface area contributed by atoms with Gasteiger partial charge in [-0.1, -0.05) is 0 Å². The fraction of sp³-hybridized carbons (Fsp3) is 1.00. The van der Waals surface area contributed by atoms with Gasteiger partial charge in [0.15, 0.2) is 0 Å². The van der Waals surface area contributed by atoms with E-state index < -0.39 is 37.2 Å². The van der Waals surface area contributed by atoms with E-state index >= 15 is 0 Å². The van der Waals surface area contributed by atoms with Crippen LogP contribution in [-0.2, 0) is 4.74 Å². The first-order valence-electron chi connectivity index (χ1n) is 3.71. The fourth-order valence-electron chi connectivity index (χ4n) is 1.17. The van der Waals surface area contributed by atoms with E-state index in [0.29, 0.717) is 0 Å². The Morgan fingerprint density at radius 3 is 2.25 bits per heavy atom. The molecule has 0 saturated carbocycles. The molecule has 1 aliphatic heterocycles. The lowest BCUT2D eigenvalue weighted by Crippen LogP contribution is -2.64. The van der Waals surface area contributed by atoms with Crippen molar-refractivity contribution in [1.29, 1.82) is 0 Å². The molecule has 6 nitrogen and oxygen atoms in total. The van der Waals surface area contributed by atoms with Crippen molar-refractivity contribution < 1.29 is 20.1 Å². The van der Waals surface area contributed by atoms with E-state index in [-0.39, 0.29) is 0 Å². The topological polar surface area (TPSA) is 122 Å². The van der Waals surface area contributed by atoms with Gasteiger partial charge in [-0.2, -0.15) is 0 Å². The number of nitrogens with two attached hydrogens (primary N) is 2. The first-order valence-corrected chi connectivity index (χ1v) is 3.71. The molecule has 1 rings (SSSR count). The Hall–Kier alpha value is -0.240. The lowest BCUT2D eigenvalue weighted by molar-refractivity contribution is -0.186. The van der Waals surface area contributed by atoms with Crippen molar-refractivity contribution in [2.24, 2.45) is 11.5 Å². The second-order valence-corrected chi connectivity index (χ2v) is 2.88. The molecule has 12 heavy (non-hydrogen) atoms. The van der Waals surface area contributed by atoms with E-state index in [9.17, 15) is 10.2 Å². The maximum absolute atomic E-state index is 9.27. The number of aliphatic hydroxyl groups excluding tert-OH is 3. The molecular weight excluding hydrogens is 164 g/mol. The maximum Gasteiger partial charge on any atom is 0.124 e. The van der Waals surface area contributed by atoms with Gasteiger partial charge in [0.05, 0.1) is 12.6 Å². The van der Waals surface area contributed by atoms with E-state index in [0.717, 1.165) is 0 Å². The Kier molecular flexibility index (Phi) is 2.99. The smallest absolute Gasteiger partial charge is 0.124 e. The van der Waals surface area contributed by atoms with Gasteiger partial charge in [0.1, 0.15) is 24.5 Å². The Bertz CT molecular complexity index is 152. The molecule has 1 unspecified atom stereocenters. The van der Waals surface area contributed by atoms with E-state index in [1.165, 1.54) is 0 Å². The highest BCUT2D eigenvalue weighted by atomic mass is 16.5. The van der Waals surface area contributed by atoms with Gasteiger partial charge >= 0.3 is 0 Å². The number of hydrogen-bond acceptors (Lipinski definition) is 6. The van der Waals surface area contributed by atoms with Gasteiger partial charge in [0.25, 0.3) is 0 Å². The molecule has 1 saturated heterocycles. The number of rotatable bonds is 1. The summed E-state index contributed by atoms with van der Waals surface area (Å²) in [5, 5.41) is 27.2. The SMILES string of the molecule is NC1O[C@H](CO)[C@@H](O)[C@H](O)[C@H]1N. The first kappa shape index (κ1) is 9.85. The molecule has 7 N–H and O–H groups in total. The summed E-state index contributed by atoms with van der Waals surface area (Å²) >= 11 is 0. The van der Waals surface area contributed by atoms with Crippen LogP contribution in [0.25, 0.3) is 0 Å². The third-order valence-corrected chi connectivity index (χ3v) is 2.02. The summed E-state index contributed by atoms with van der Waals surface area (Å²) < 4.78 is 4.92. The van der Waals surface area contributed by atoms with Crippen LogP contribution < -0.4 is 11.5 Å². The maximum atomic E-state index is 9.27. The summed E-state index contributed by atoms with van der Waals surface area (Å²) in [6, 6.07) is -0.817. The highest BCUT2D eigenvalue weighted by Crippen LogP contribution is 2.16. The molecule has 0 aliphatic carbocycles. The van der Waals surface area contributed by atoms with E-state index in [1.54, 1.807) is 0 Å². The van der Waals surface area contributed by atoms with Crippen molar-refractivity contribution in [1.82, 2.24) is 0 Å². The summed E-state index contributed by atoms with van der Waals surface area (Å²) in [7, 11) is 0. The Morgan fingerprint density at radius 1 is 1.17 bits per heavy atom. The monoisotopic (exact) mass is 178 g/mol. The molecule has 0 radical (unpaired) electrons. The predicted octanol–water partition coefficient (Wildman–Crippen LogP) is -3.29. The zero-order valence-corrected chi connectivity index (χ0v) is 6.50. The molecule has 0 aromatic carbocycles. The van der Waals surface area contributed by atoms with Crippen LogP contribution in [-0.4, -0.2) is 52.5 Å². The molecule has 0 aromatic heterocycles. The molecular formula is C6H14N2O4. The third-order valence-electron chi connectivity index (χ3n) is 2.02. The zero-order chi connectivity index (χ0) is 9.30. The molecule has 72 valence electrons. The fourth-order valence-corrected chi connectivity index (χ4v) is 1.17. The standard InChI is InChI=1S/C6H14N2O4/c7-3-5(11)4(10)2(1-9)12-6(3)8/h2-6,9-11H,1,7-8H2/t2-,3-,4-,5-,6?/m1/s1. The van der Waals surface area contributed by atoms with Crippen LogP contribution in [0.4, 0.5) is 0 Å². The van der Waals surface area contributed by atoms with Gasteiger partial charge in [-0.15, -0.1) is 0 Å². The molecule has 1 heterocycles. The van der Waals surface area contributed by atoms with Crippen LogP contribution in [0.2, 0.25) is 0 Å². The predicted molar refractivity (Wildman–Crippen MR) is 39.9 cm³/mol. The lowest BCUT2D eigenvalue weighted by Gasteiger charge is -2.38. The van der Waals surface area contributed by atoms with Crippen LogP contribution in [0.1, 0.15) is 0 Å². The molecule has 1 aliphatic rings. The van der Waals surface area contributed by atoms with Crippen LogP contribution in [0.5, 0.6) is 0 Å².